The molecule has 1 amide bonds. The normalized spacial score (nSPS) is 18.3. The molecule has 7 heteroatoms. The van der Waals surface area contributed by atoms with E-state index in [1.54, 1.807) is 6.07 Å². The first kappa shape index (κ1) is 23.8. The fourth-order valence-corrected chi connectivity index (χ4v) is 5.84. The molecule has 1 atom stereocenters. The summed E-state index contributed by atoms with van der Waals surface area (Å²) in [6.45, 7) is 0.547. The van der Waals surface area contributed by atoms with Crippen molar-refractivity contribution in [1.82, 2.24) is 0 Å². The summed E-state index contributed by atoms with van der Waals surface area (Å²) in [5.41, 5.74) is 13.6. The predicted molar refractivity (Wildman–Crippen MR) is 133 cm³/mol. The van der Waals surface area contributed by atoms with Gasteiger partial charge in [0.1, 0.15) is 23.0 Å². The molecule has 0 fully saturated rings. The molecule has 3 aromatic rings. The highest BCUT2D eigenvalue weighted by Crippen LogP contribution is 2.52. The molecule has 5 rings (SSSR count). The van der Waals surface area contributed by atoms with Crippen molar-refractivity contribution in [3.8, 4) is 16.9 Å². The lowest BCUT2D eigenvalue weighted by atomic mass is 9.82. The first-order valence-corrected chi connectivity index (χ1v) is 12.3. The van der Waals surface area contributed by atoms with E-state index in [4.69, 9.17) is 27.8 Å². The zero-order valence-corrected chi connectivity index (χ0v) is 20.1. The Labute approximate surface area is 208 Å². The summed E-state index contributed by atoms with van der Waals surface area (Å²) in [5, 5.41) is -0.238. The zero-order chi connectivity index (χ0) is 24.7. The Bertz CT molecular complexity index is 1310. The molecular formula is C28H27ClF2N2O2. The summed E-state index contributed by atoms with van der Waals surface area (Å²) in [5.74, 6) is -1.77. The maximum Gasteiger partial charge on any atom is 0.249 e. The summed E-state index contributed by atoms with van der Waals surface area (Å²) in [6.07, 6.45) is 4.59. The minimum absolute atomic E-state index is 0.0122. The van der Waals surface area contributed by atoms with E-state index in [0.717, 1.165) is 30.4 Å². The van der Waals surface area contributed by atoms with Crippen LogP contribution in [-0.4, -0.2) is 12.5 Å². The van der Waals surface area contributed by atoms with E-state index >= 15 is 8.78 Å². The van der Waals surface area contributed by atoms with Gasteiger partial charge in [-0.2, -0.15) is 0 Å². The van der Waals surface area contributed by atoms with Gasteiger partial charge in [0.25, 0.3) is 0 Å². The number of carbonyl (C=O) groups is 1. The maximum atomic E-state index is 16.0. The number of hydrogen-bond acceptors (Lipinski definition) is 3. The molecule has 0 bridgehead atoms. The van der Waals surface area contributed by atoms with Gasteiger partial charge in [0.15, 0.2) is 0 Å². The molecule has 0 saturated heterocycles. The van der Waals surface area contributed by atoms with Crippen molar-refractivity contribution < 1.29 is 18.3 Å². The monoisotopic (exact) mass is 496 g/mol. The standard InChI is InChI=1S/C28H27ClF2N2O2/c29-25-21(30)14-22-20(15-28(35-22,11-4-5-12-32)17-8-2-1-3-9-17)23(25)24-19(27(33)34)13-16-7-6-10-18(16)26(24)31/h1-3,8-9,13-14H,4-7,10-12,15,32H2,(H2,33,34). The quantitative estimate of drug-likeness (QED) is 0.404. The smallest absolute Gasteiger partial charge is 0.249 e. The van der Waals surface area contributed by atoms with E-state index in [-0.39, 0.29) is 21.7 Å². The predicted octanol–water partition coefficient (Wildman–Crippen LogP) is 5.83. The second kappa shape index (κ2) is 9.25. The average Bonchev–Trinajstić information content (AvgIpc) is 3.47. The molecule has 1 aliphatic heterocycles. The maximum absolute atomic E-state index is 16.0. The second-order valence-electron chi connectivity index (χ2n) is 9.38. The number of benzene rings is 3. The van der Waals surface area contributed by atoms with Crippen LogP contribution >= 0.6 is 11.6 Å². The molecule has 4 nitrogen and oxygen atoms in total. The van der Waals surface area contributed by atoms with Crippen molar-refractivity contribution in [2.75, 3.05) is 6.54 Å². The van der Waals surface area contributed by atoms with Gasteiger partial charge < -0.3 is 16.2 Å². The third-order valence-corrected chi connectivity index (χ3v) is 7.61. The van der Waals surface area contributed by atoms with Crippen LogP contribution < -0.4 is 16.2 Å². The third kappa shape index (κ3) is 3.99. The first-order chi connectivity index (χ1) is 16.9. The molecule has 3 aromatic carbocycles. The number of nitrogens with two attached hydrogens (primary N) is 2. The van der Waals surface area contributed by atoms with E-state index in [1.807, 2.05) is 30.3 Å². The number of aryl methyl sites for hydroxylation is 1. The van der Waals surface area contributed by atoms with Gasteiger partial charge in [0.05, 0.1) is 10.6 Å². The van der Waals surface area contributed by atoms with Gasteiger partial charge in [-0.05, 0) is 67.8 Å². The number of rotatable bonds is 7. The van der Waals surface area contributed by atoms with Gasteiger partial charge in [0, 0.05) is 29.2 Å². The van der Waals surface area contributed by atoms with Crippen LogP contribution in [0.5, 0.6) is 5.75 Å². The van der Waals surface area contributed by atoms with E-state index in [1.165, 1.54) is 6.07 Å². The number of amides is 1. The number of carbonyl (C=O) groups excluding carboxylic acids is 1. The second-order valence-corrected chi connectivity index (χ2v) is 9.76. The summed E-state index contributed by atoms with van der Waals surface area (Å²) < 4.78 is 37.6. The van der Waals surface area contributed by atoms with Crippen molar-refractivity contribution in [2.45, 2.75) is 50.5 Å². The summed E-state index contributed by atoms with van der Waals surface area (Å²) >= 11 is 6.51. The fourth-order valence-electron chi connectivity index (χ4n) is 5.57. The van der Waals surface area contributed by atoms with E-state index in [2.05, 4.69) is 0 Å². The summed E-state index contributed by atoms with van der Waals surface area (Å²) in [4.78, 5) is 12.4. The number of unbranched alkanes of at least 4 members (excludes halogenated alkanes) is 1. The molecule has 4 N–H and O–H groups in total. The van der Waals surface area contributed by atoms with Crippen molar-refractivity contribution in [3.05, 3.63) is 86.9 Å². The van der Waals surface area contributed by atoms with Crippen molar-refractivity contribution in [1.29, 1.82) is 0 Å². The lowest BCUT2D eigenvalue weighted by molar-refractivity contribution is 0.0793. The Morgan fingerprint density at radius 2 is 1.83 bits per heavy atom. The van der Waals surface area contributed by atoms with Crippen molar-refractivity contribution in [3.63, 3.8) is 0 Å². The van der Waals surface area contributed by atoms with Crippen LogP contribution in [0.2, 0.25) is 5.02 Å². The largest absolute Gasteiger partial charge is 0.482 e. The van der Waals surface area contributed by atoms with Crippen LogP contribution in [0.3, 0.4) is 0 Å². The van der Waals surface area contributed by atoms with Gasteiger partial charge in [-0.25, -0.2) is 8.78 Å². The Kier molecular flexibility index (Phi) is 6.28. The van der Waals surface area contributed by atoms with Gasteiger partial charge >= 0.3 is 0 Å². The summed E-state index contributed by atoms with van der Waals surface area (Å²) in [7, 11) is 0. The molecule has 0 aromatic heterocycles. The minimum atomic E-state index is -0.787. The average molecular weight is 497 g/mol. The van der Waals surface area contributed by atoms with Gasteiger partial charge in [-0.15, -0.1) is 0 Å². The molecule has 0 radical (unpaired) electrons. The van der Waals surface area contributed by atoms with E-state index < -0.39 is 23.1 Å². The molecule has 35 heavy (non-hydrogen) atoms. The highest BCUT2D eigenvalue weighted by Gasteiger charge is 2.43. The van der Waals surface area contributed by atoms with E-state index in [0.29, 0.717) is 49.1 Å². The lowest BCUT2D eigenvalue weighted by Gasteiger charge is -2.29. The van der Waals surface area contributed by atoms with Gasteiger partial charge in [-0.3, -0.25) is 4.79 Å². The Morgan fingerprint density at radius 3 is 2.54 bits per heavy atom. The number of primary amides is 1. The minimum Gasteiger partial charge on any atom is -0.482 e. The summed E-state index contributed by atoms with van der Waals surface area (Å²) in [6, 6.07) is 12.6. The molecule has 182 valence electrons. The van der Waals surface area contributed by atoms with Crippen LogP contribution in [0, 0.1) is 11.6 Å². The van der Waals surface area contributed by atoms with Crippen LogP contribution in [-0.2, 0) is 24.9 Å². The first-order valence-electron chi connectivity index (χ1n) is 12.0. The Balaban J connectivity index is 1.73. The van der Waals surface area contributed by atoms with Gasteiger partial charge in [-0.1, -0.05) is 41.9 Å². The number of ether oxygens (including phenoxy) is 1. The van der Waals surface area contributed by atoms with Gasteiger partial charge in [0.2, 0.25) is 5.91 Å². The molecule has 1 unspecified atom stereocenters. The topological polar surface area (TPSA) is 78.3 Å². The number of fused-ring (bicyclic) bond motifs is 2. The molecule has 1 aliphatic carbocycles. The molecule has 1 heterocycles. The molecular weight excluding hydrogens is 470 g/mol. The molecule has 2 aliphatic rings. The van der Waals surface area contributed by atoms with Crippen molar-refractivity contribution >= 4 is 17.5 Å². The fraction of sp³-hybridized carbons (Fsp3) is 0.321. The molecule has 0 spiro atoms. The number of hydrogen-bond donors (Lipinski definition) is 2. The molecule has 0 saturated carbocycles. The van der Waals surface area contributed by atoms with Crippen LogP contribution in [0.25, 0.3) is 11.1 Å². The van der Waals surface area contributed by atoms with Crippen LogP contribution in [0.4, 0.5) is 8.78 Å². The highest BCUT2D eigenvalue weighted by atomic mass is 35.5. The third-order valence-electron chi connectivity index (χ3n) is 7.24. The highest BCUT2D eigenvalue weighted by molar-refractivity contribution is 6.34. The van der Waals surface area contributed by atoms with Crippen LogP contribution in [0.1, 0.15) is 58.3 Å². The van der Waals surface area contributed by atoms with E-state index in [9.17, 15) is 4.79 Å². The SMILES string of the molecule is NCCCCC1(c2ccccc2)Cc2c(cc(F)c(Cl)c2-c2c(C(N)=O)cc3c(c2F)CCC3)O1. The van der Waals surface area contributed by atoms with Crippen LogP contribution in [0.15, 0.2) is 42.5 Å². The number of halogens is 3. The van der Waals surface area contributed by atoms with Crippen molar-refractivity contribution in [2.24, 2.45) is 11.5 Å². The zero-order valence-electron chi connectivity index (χ0n) is 19.3. The Hall–Kier alpha value is -2.96. The lowest BCUT2D eigenvalue weighted by Crippen LogP contribution is -2.31. The Morgan fingerprint density at radius 1 is 1.06 bits per heavy atom.